The first kappa shape index (κ1) is 34.3. The Balaban J connectivity index is 0.000000184. The molecule has 0 spiro atoms. The number of hydrogen-bond donors (Lipinski definition) is 1. The molecule has 6 aromatic rings. The number of methoxy groups -OCH3 is 1. The SMILES string of the molecule is BrB(Br)Br.COc1ccc(N(C)c2nc(C)nc3oc(C)cc23)cc1.Cc1nc(N(C)c2ccc(O)cc2)c2cc(C)oc2n1. The van der Waals surface area contributed by atoms with Gasteiger partial charge >= 0.3 is 3.18 Å². The minimum atomic E-state index is 0.241. The first-order chi connectivity index (χ1) is 21.4. The van der Waals surface area contributed by atoms with Gasteiger partial charge in [-0.2, -0.15) is 9.97 Å². The molecule has 0 saturated carbocycles. The molecule has 0 aliphatic rings. The topological polar surface area (TPSA) is 114 Å². The number of anilines is 4. The lowest BCUT2D eigenvalue weighted by molar-refractivity contribution is 0.415. The van der Waals surface area contributed by atoms with E-state index >= 15 is 0 Å². The van der Waals surface area contributed by atoms with E-state index in [1.807, 2.05) is 100 Å². The standard InChI is InChI=1S/C16H17N3O2.C15H15N3O2.BBr3/c1-10-9-14-15(17-11(2)18-16(14)21-10)19(3)12-5-7-13(20-4)8-6-12;1-9-8-13-14(16-10(2)17-15(13)20-9)18(3)11-4-6-12(19)7-5-11;2-1(3)4/h5-9H,1-4H3;4-8,19H,1-3H3;. The predicted molar refractivity (Wildman–Crippen MR) is 192 cm³/mol. The van der Waals surface area contributed by atoms with Gasteiger partial charge in [0.25, 0.3) is 0 Å². The van der Waals surface area contributed by atoms with Gasteiger partial charge in [0.15, 0.2) is 0 Å². The van der Waals surface area contributed by atoms with Crippen LogP contribution in [0.3, 0.4) is 0 Å². The van der Waals surface area contributed by atoms with Crippen molar-refractivity contribution in [3.8, 4) is 11.5 Å². The fourth-order valence-corrected chi connectivity index (χ4v) is 4.50. The van der Waals surface area contributed by atoms with Crippen LogP contribution in [0.1, 0.15) is 23.2 Å². The lowest BCUT2D eigenvalue weighted by atomic mass is 10.2. The van der Waals surface area contributed by atoms with Gasteiger partial charge in [0.2, 0.25) is 11.4 Å². The summed E-state index contributed by atoms with van der Waals surface area (Å²) in [5, 5.41) is 11.2. The second-order valence-corrected chi connectivity index (χ2v) is 16.4. The minimum Gasteiger partial charge on any atom is -0.508 e. The molecule has 1 N–H and O–H groups in total. The summed E-state index contributed by atoms with van der Waals surface area (Å²) in [6, 6.07) is 18.7. The first-order valence-electron chi connectivity index (χ1n) is 13.7. The molecule has 234 valence electrons. The van der Waals surface area contributed by atoms with Crippen LogP contribution >= 0.6 is 47.3 Å². The number of benzene rings is 2. The smallest absolute Gasteiger partial charge is 0.369 e. The van der Waals surface area contributed by atoms with E-state index in [1.54, 1.807) is 19.2 Å². The van der Waals surface area contributed by atoms with E-state index < -0.39 is 0 Å². The van der Waals surface area contributed by atoms with Crippen molar-refractivity contribution >= 4 is 95.7 Å². The number of furan rings is 2. The summed E-state index contributed by atoms with van der Waals surface area (Å²) in [5.41, 5.74) is 3.17. The maximum Gasteiger partial charge on any atom is 0.369 e. The van der Waals surface area contributed by atoms with E-state index in [0.29, 0.717) is 23.1 Å². The Morgan fingerprint density at radius 3 is 1.42 bits per heavy atom. The average molecular weight is 803 g/mol. The Bertz CT molecular complexity index is 1880. The van der Waals surface area contributed by atoms with E-state index in [2.05, 4.69) is 67.2 Å². The van der Waals surface area contributed by atoms with Crippen molar-refractivity contribution in [2.75, 3.05) is 31.0 Å². The molecule has 0 saturated heterocycles. The third-order valence-corrected chi connectivity index (χ3v) is 6.55. The molecule has 4 heterocycles. The number of fused-ring (bicyclic) bond motifs is 2. The van der Waals surface area contributed by atoms with Crippen LogP contribution in [0, 0.1) is 27.7 Å². The van der Waals surface area contributed by atoms with Crippen LogP contribution in [-0.4, -0.2) is 49.4 Å². The van der Waals surface area contributed by atoms with Crippen molar-refractivity contribution in [1.82, 2.24) is 19.9 Å². The number of aromatic nitrogens is 4. The zero-order valence-corrected chi connectivity index (χ0v) is 30.6. The number of phenols is 1. The Labute approximate surface area is 286 Å². The van der Waals surface area contributed by atoms with Crippen molar-refractivity contribution < 1.29 is 18.7 Å². The number of halogens is 3. The number of rotatable bonds is 5. The molecule has 0 aliphatic carbocycles. The van der Waals surface area contributed by atoms with Gasteiger partial charge in [0, 0.05) is 25.5 Å². The lowest BCUT2D eigenvalue weighted by Crippen LogP contribution is -2.12. The van der Waals surface area contributed by atoms with Crippen LogP contribution < -0.4 is 14.5 Å². The Kier molecular flexibility index (Phi) is 11.5. The molecule has 0 amide bonds. The number of aromatic hydroxyl groups is 1. The van der Waals surface area contributed by atoms with E-state index in [9.17, 15) is 5.11 Å². The van der Waals surface area contributed by atoms with Crippen LogP contribution in [0.5, 0.6) is 11.5 Å². The molecule has 45 heavy (non-hydrogen) atoms. The van der Waals surface area contributed by atoms with Gasteiger partial charge in [0.1, 0.15) is 46.3 Å². The fourth-order valence-electron chi connectivity index (χ4n) is 4.50. The molecule has 0 unspecified atom stereocenters. The Morgan fingerprint density at radius 1 is 0.667 bits per heavy atom. The highest BCUT2D eigenvalue weighted by Gasteiger charge is 2.16. The third kappa shape index (κ3) is 8.77. The number of hydrogen-bond acceptors (Lipinski definition) is 10. The zero-order valence-electron chi connectivity index (χ0n) is 25.8. The number of nitrogens with zero attached hydrogens (tertiary/aromatic N) is 6. The Hall–Kier alpha value is -3.62. The van der Waals surface area contributed by atoms with Crippen molar-refractivity contribution in [2.45, 2.75) is 27.7 Å². The highest BCUT2D eigenvalue weighted by Crippen LogP contribution is 2.32. The third-order valence-electron chi connectivity index (χ3n) is 6.55. The molecular weight excluding hydrogens is 771 g/mol. The van der Waals surface area contributed by atoms with E-state index in [1.165, 1.54) is 0 Å². The van der Waals surface area contributed by atoms with Crippen LogP contribution in [0.2, 0.25) is 0 Å². The van der Waals surface area contributed by atoms with Gasteiger partial charge in [-0.25, -0.2) is 9.97 Å². The quantitative estimate of drug-likeness (QED) is 0.169. The van der Waals surface area contributed by atoms with Gasteiger partial charge in [-0.1, -0.05) is 0 Å². The molecule has 0 radical (unpaired) electrons. The maximum absolute atomic E-state index is 9.37. The summed E-state index contributed by atoms with van der Waals surface area (Å²) in [6.45, 7) is 7.50. The highest BCUT2D eigenvalue weighted by atomic mass is 79.9. The van der Waals surface area contributed by atoms with E-state index in [4.69, 9.17) is 13.6 Å². The van der Waals surface area contributed by atoms with Crippen LogP contribution in [0.15, 0.2) is 69.5 Å². The molecule has 4 aromatic heterocycles. The molecule has 14 heteroatoms. The van der Waals surface area contributed by atoms with Gasteiger partial charge < -0.3 is 28.5 Å². The van der Waals surface area contributed by atoms with Crippen molar-refractivity contribution in [3.05, 3.63) is 83.8 Å². The van der Waals surface area contributed by atoms with Crippen molar-refractivity contribution in [1.29, 1.82) is 0 Å². The van der Waals surface area contributed by atoms with Crippen molar-refractivity contribution in [3.63, 3.8) is 0 Å². The first-order valence-corrected chi connectivity index (χ1v) is 16.4. The van der Waals surface area contributed by atoms with E-state index in [0.717, 1.165) is 51.1 Å². The maximum atomic E-state index is 9.37. The van der Waals surface area contributed by atoms with Gasteiger partial charge in [0.05, 0.1) is 17.9 Å². The summed E-state index contributed by atoms with van der Waals surface area (Å²) >= 11 is 9.31. The largest absolute Gasteiger partial charge is 0.508 e. The second-order valence-electron chi connectivity index (χ2n) is 9.92. The number of phenolic OH excluding ortho intramolecular Hbond substituents is 1. The number of ether oxygens (including phenoxy) is 1. The summed E-state index contributed by atoms with van der Waals surface area (Å²) in [4.78, 5) is 21.7. The summed E-state index contributed by atoms with van der Waals surface area (Å²) in [6.07, 6.45) is 0. The Morgan fingerprint density at radius 2 is 1.04 bits per heavy atom. The van der Waals surface area contributed by atoms with Crippen LogP contribution in [0.25, 0.3) is 22.2 Å². The molecule has 0 bridgehead atoms. The highest BCUT2D eigenvalue weighted by molar-refractivity contribution is 9.69. The second kappa shape index (κ2) is 15.1. The van der Waals surface area contributed by atoms with Gasteiger partial charge in [-0.3, -0.25) is 0 Å². The van der Waals surface area contributed by atoms with Crippen LogP contribution in [-0.2, 0) is 0 Å². The summed E-state index contributed by atoms with van der Waals surface area (Å²) in [7, 11) is 5.56. The van der Waals surface area contributed by atoms with Crippen molar-refractivity contribution in [2.24, 2.45) is 0 Å². The fraction of sp³-hybridized carbons (Fsp3) is 0.226. The minimum absolute atomic E-state index is 0.241. The molecule has 0 atom stereocenters. The normalized spacial score (nSPS) is 10.5. The number of aryl methyl sites for hydroxylation is 4. The predicted octanol–water partition coefficient (Wildman–Crippen LogP) is 9.09. The lowest BCUT2D eigenvalue weighted by Gasteiger charge is -2.19. The van der Waals surface area contributed by atoms with Gasteiger partial charge in [-0.05, 0) is 88.4 Å². The van der Waals surface area contributed by atoms with Crippen LogP contribution in [0.4, 0.5) is 23.0 Å². The van der Waals surface area contributed by atoms with E-state index in [-0.39, 0.29) is 8.93 Å². The molecule has 0 fully saturated rings. The molecular formula is C31H32BBr3N6O4. The zero-order chi connectivity index (χ0) is 32.8. The summed E-state index contributed by atoms with van der Waals surface area (Å²) in [5.74, 6) is 5.67. The average Bonchev–Trinajstić information content (AvgIpc) is 3.56. The molecule has 6 rings (SSSR count). The molecule has 10 nitrogen and oxygen atoms in total. The monoisotopic (exact) mass is 800 g/mol. The molecule has 0 aliphatic heterocycles. The molecule has 2 aromatic carbocycles. The summed E-state index contributed by atoms with van der Waals surface area (Å²) < 4.78 is 16.6. The van der Waals surface area contributed by atoms with Gasteiger partial charge in [-0.15, -0.1) is 47.3 Å².